The van der Waals surface area contributed by atoms with Gasteiger partial charge in [-0.3, -0.25) is 29.7 Å². The van der Waals surface area contributed by atoms with Crippen molar-refractivity contribution in [1.29, 1.82) is 0 Å². The van der Waals surface area contributed by atoms with E-state index in [1.165, 1.54) is 11.1 Å². The van der Waals surface area contributed by atoms with Crippen LogP contribution in [-0.2, 0) is 19.4 Å². The number of nitro benzene ring substituents is 1. The minimum atomic E-state index is -0.388. The molecule has 0 saturated carbocycles. The number of carbonyl (C=O) groups is 1. The standard InChI is InChI=1S/C32H35N5O3/c1-3-25-26(4-2)28(32(33)38)15-14-27(25)31(29-9-5-7-23-8-6-16-34-30(23)29)36-19-17-35(18-20-36)21-22-10-12-24(13-11-22)37(39)40/h5-16,31H,3-4,17-21H2,1-2H3,(H2,33,38). The highest BCUT2D eigenvalue weighted by molar-refractivity contribution is 5.95. The van der Waals surface area contributed by atoms with Crippen molar-refractivity contribution in [2.45, 2.75) is 39.3 Å². The van der Waals surface area contributed by atoms with Crippen LogP contribution >= 0.6 is 0 Å². The van der Waals surface area contributed by atoms with E-state index in [4.69, 9.17) is 10.7 Å². The summed E-state index contributed by atoms with van der Waals surface area (Å²) >= 11 is 0. The highest BCUT2D eigenvalue weighted by Crippen LogP contribution is 2.37. The maximum Gasteiger partial charge on any atom is 0.269 e. The Morgan fingerprint density at radius 2 is 1.62 bits per heavy atom. The van der Waals surface area contributed by atoms with Gasteiger partial charge in [-0.25, -0.2) is 0 Å². The van der Waals surface area contributed by atoms with E-state index < -0.39 is 0 Å². The molecule has 2 N–H and O–H groups in total. The Kier molecular flexibility index (Phi) is 8.19. The van der Waals surface area contributed by atoms with E-state index in [9.17, 15) is 14.9 Å². The molecule has 0 aliphatic carbocycles. The monoisotopic (exact) mass is 537 g/mol. The van der Waals surface area contributed by atoms with Gasteiger partial charge in [0.1, 0.15) is 0 Å². The van der Waals surface area contributed by atoms with Crippen molar-refractivity contribution in [3.8, 4) is 0 Å². The minimum Gasteiger partial charge on any atom is -0.366 e. The van der Waals surface area contributed by atoms with E-state index >= 15 is 0 Å². The number of piperazine rings is 1. The van der Waals surface area contributed by atoms with E-state index in [1.807, 2.05) is 30.5 Å². The maximum atomic E-state index is 12.3. The second-order valence-electron chi connectivity index (χ2n) is 10.3. The zero-order valence-corrected chi connectivity index (χ0v) is 23.0. The highest BCUT2D eigenvalue weighted by atomic mass is 16.6. The Bertz CT molecular complexity index is 1520. The molecule has 206 valence electrons. The molecule has 1 aliphatic rings. The number of nitro groups is 1. The molecule has 0 radical (unpaired) electrons. The molecule has 5 rings (SSSR count). The van der Waals surface area contributed by atoms with Gasteiger partial charge in [-0.2, -0.15) is 0 Å². The Morgan fingerprint density at radius 1 is 0.925 bits per heavy atom. The molecule has 4 aromatic rings. The second kappa shape index (κ2) is 11.9. The summed E-state index contributed by atoms with van der Waals surface area (Å²) in [6.07, 6.45) is 3.38. The lowest BCUT2D eigenvalue weighted by Gasteiger charge is -2.41. The molecule has 40 heavy (non-hydrogen) atoms. The van der Waals surface area contributed by atoms with Gasteiger partial charge in [0.05, 0.1) is 16.5 Å². The third kappa shape index (κ3) is 5.46. The molecular formula is C32H35N5O3. The van der Waals surface area contributed by atoms with E-state index in [0.717, 1.165) is 73.2 Å². The lowest BCUT2D eigenvalue weighted by atomic mass is 9.85. The smallest absolute Gasteiger partial charge is 0.269 e. The van der Waals surface area contributed by atoms with Gasteiger partial charge >= 0.3 is 0 Å². The molecule has 1 amide bonds. The van der Waals surface area contributed by atoms with Crippen LogP contribution in [0.5, 0.6) is 0 Å². The van der Waals surface area contributed by atoms with Gasteiger partial charge in [0.25, 0.3) is 5.69 Å². The first-order valence-corrected chi connectivity index (χ1v) is 13.9. The van der Waals surface area contributed by atoms with E-state index in [0.29, 0.717) is 5.56 Å². The summed E-state index contributed by atoms with van der Waals surface area (Å²) in [5.41, 5.74) is 13.1. The largest absolute Gasteiger partial charge is 0.366 e. The number of fused-ring (bicyclic) bond motifs is 1. The minimum absolute atomic E-state index is 0.0256. The number of hydrogen-bond acceptors (Lipinski definition) is 6. The van der Waals surface area contributed by atoms with Crippen molar-refractivity contribution in [2.24, 2.45) is 5.73 Å². The average Bonchev–Trinajstić information content (AvgIpc) is 2.98. The predicted molar refractivity (Wildman–Crippen MR) is 157 cm³/mol. The quantitative estimate of drug-likeness (QED) is 0.230. The molecule has 1 fully saturated rings. The number of aromatic nitrogens is 1. The first-order chi connectivity index (χ1) is 19.4. The molecule has 1 aliphatic heterocycles. The zero-order valence-electron chi connectivity index (χ0n) is 23.0. The Labute approximate surface area is 234 Å². The fraction of sp³-hybridized carbons (Fsp3) is 0.312. The fourth-order valence-corrected chi connectivity index (χ4v) is 6.09. The molecule has 3 aromatic carbocycles. The van der Waals surface area contributed by atoms with Gasteiger partial charge in [-0.15, -0.1) is 0 Å². The van der Waals surface area contributed by atoms with Crippen molar-refractivity contribution in [2.75, 3.05) is 26.2 Å². The normalized spacial score (nSPS) is 15.2. The number of nitrogens with two attached hydrogens (primary N) is 1. The number of nitrogens with zero attached hydrogens (tertiary/aromatic N) is 4. The van der Waals surface area contributed by atoms with E-state index in [-0.39, 0.29) is 22.6 Å². The Morgan fingerprint density at radius 3 is 2.27 bits per heavy atom. The van der Waals surface area contributed by atoms with Crippen LogP contribution in [0.15, 0.2) is 72.9 Å². The lowest BCUT2D eigenvalue weighted by Crippen LogP contribution is -2.47. The van der Waals surface area contributed by atoms with Gasteiger partial charge in [-0.05, 0) is 47.2 Å². The molecule has 8 heteroatoms. The number of hydrogen-bond donors (Lipinski definition) is 1. The number of primary amides is 1. The number of non-ortho nitro benzene ring substituents is 1. The summed E-state index contributed by atoms with van der Waals surface area (Å²) in [6.45, 7) is 8.41. The predicted octanol–water partition coefficient (Wildman–Crippen LogP) is 5.27. The zero-order chi connectivity index (χ0) is 28.2. The fourth-order valence-electron chi connectivity index (χ4n) is 6.09. The maximum absolute atomic E-state index is 12.3. The average molecular weight is 538 g/mol. The number of carbonyl (C=O) groups excluding carboxylic acids is 1. The number of rotatable bonds is 9. The van der Waals surface area contributed by atoms with Crippen LogP contribution in [0.3, 0.4) is 0 Å². The summed E-state index contributed by atoms with van der Waals surface area (Å²) in [6, 6.07) is 21.2. The van der Waals surface area contributed by atoms with Gasteiger partial charge in [0, 0.05) is 67.6 Å². The summed E-state index contributed by atoms with van der Waals surface area (Å²) in [5, 5.41) is 12.1. The Hall–Kier alpha value is -4.14. The first-order valence-electron chi connectivity index (χ1n) is 13.9. The van der Waals surface area contributed by atoms with Gasteiger partial charge in [0.2, 0.25) is 5.91 Å². The highest BCUT2D eigenvalue weighted by Gasteiger charge is 2.31. The van der Waals surface area contributed by atoms with Crippen molar-refractivity contribution >= 4 is 22.5 Å². The van der Waals surface area contributed by atoms with Crippen LogP contribution < -0.4 is 5.73 Å². The van der Waals surface area contributed by atoms with E-state index in [1.54, 1.807) is 12.1 Å². The summed E-state index contributed by atoms with van der Waals surface area (Å²) in [5.74, 6) is -0.388. The molecule has 1 atom stereocenters. The number of para-hydroxylation sites is 1. The Balaban J connectivity index is 1.50. The van der Waals surface area contributed by atoms with Crippen LogP contribution in [0.2, 0.25) is 0 Å². The van der Waals surface area contributed by atoms with Crippen LogP contribution in [0, 0.1) is 10.1 Å². The molecule has 1 saturated heterocycles. The molecule has 8 nitrogen and oxygen atoms in total. The van der Waals surface area contributed by atoms with Gasteiger partial charge < -0.3 is 5.73 Å². The second-order valence-corrected chi connectivity index (χ2v) is 10.3. The van der Waals surface area contributed by atoms with Crippen molar-refractivity contribution in [3.63, 3.8) is 0 Å². The van der Waals surface area contributed by atoms with Gasteiger partial charge in [0.15, 0.2) is 0 Å². The summed E-state index contributed by atoms with van der Waals surface area (Å²) < 4.78 is 0. The van der Waals surface area contributed by atoms with Crippen LogP contribution in [0.4, 0.5) is 5.69 Å². The molecule has 0 bridgehead atoms. The van der Waals surface area contributed by atoms with Gasteiger partial charge in [-0.1, -0.05) is 56.3 Å². The number of amides is 1. The first kappa shape index (κ1) is 27.4. The molecule has 0 spiro atoms. The molecule has 1 unspecified atom stereocenters. The van der Waals surface area contributed by atoms with Crippen molar-refractivity contribution in [1.82, 2.24) is 14.8 Å². The van der Waals surface area contributed by atoms with E-state index in [2.05, 4.69) is 54.0 Å². The van der Waals surface area contributed by atoms with Crippen LogP contribution in [-0.4, -0.2) is 51.8 Å². The third-order valence-corrected chi connectivity index (χ3v) is 8.02. The molecule has 2 heterocycles. The van der Waals surface area contributed by atoms with Crippen molar-refractivity contribution in [3.05, 3.63) is 116 Å². The summed E-state index contributed by atoms with van der Waals surface area (Å²) in [7, 11) is 0. The molecular weight excluding hydrogens is 502 g/mol. The summed E-state index contributed by atoms with van der Waals surface area (Å²) in [4.78, 5) is 32.6. The SMILES string of the molecule is CCc1c(C(N)=O)ccc(C(c2cccc3cccnc23)N2CCN(Cc3ccc([N+](=O)[O-])cc3)CC2)c1CC. The number of benzene rings is 3. The van der Waals surface area contributed by atoms with Crippen molar-refractivity contribution < 1.29 is 9.72 Å². The number of pyridine rings is 1. The third-order valence-electron chi connectivity index (χ3n) is 8.02. The van der Waals surface area contributed by atoms with Crippen LogP contribution in [0.25, 0.3) is 10.9 Å². The topological polar surface area (TPSA) is 106 Å². The molecule has 1 aromatic heterocycles. The lowest BCUT2D eigenvalue weighted by molar-refractivity contribution is -0.384. The van der Waals surface area contributed by atoms with Crippen LogP contribution in [0.1, 0.15) is 58.1 Å².